The minimum absolute atomic E-state index is 0.190. The zero-order valence-electron chi connectivity index (χ0n) is 16.8. The Balaban J connectivity index is 1.55. The number of hydrogen-bond acceptors (Lipinski definition) is 3. The van der Waals surface area contributed by atoms with Gasteiger partial charge < -0.3 is 10.1 Å². The largest absolute Gasteiger partial charge is 0.486 e. The van der Waals surface area contributed by atoms with Gasteiger partial charge >= 0.3 is 6.03 Å². The molecule has 1 aliphatic heterocycles. The van der Waals surface area contributed by atoms with Crippen molar-refractivity contribution in [3.63, 3.8) is 0 Å². The molecule has 0 unspecified atom stereocenters. The van der Waals surface area contributed by atoms with E-state index in [1.165, 1.54) is 4.90 Å². The van der Waals surface area contributed by atoms with Gasteiger partial charge in [0.15, 0.2) is 5.75 Å². The Hall–Kier alpha value is -3.02. The third-order valence-electron chi connectivity index (χ3n) is 4.99. The lowest BCUT2D eigenvalue weighted by Crippen LogP contribution is -2.31. The standard InChI is InChI=1S/C24H20Cl2N2O3/c1-2-10-28-23(29)21(27-24(28)30)13-15-11-19(25)22(20(26)12-15)31-14-17-8-5-7-16-6-3-4-9-18(16)17/h3-9,11-13H,2,10,14H2,1H3,(H,27,30)/b21-13+. The Kier molecular flexibility index (Phi) is 6.16. The van der Waals surface area contributed by atoms with Crippen LogP contribution in [0.2, 0.25) is 10.0 Å². The first-order valence-electron chi connectivity index (χ1n) is 9.91. The number of imide groups is 1. The quantitative estimate of drug-likeness (QED) is 0.365. The van der Waals surface area contributed by atoms with Crippen LogP contribution in [0.3, 0.4) is 0 Å². The summed E-state index contributed by atoms with van der Waals surface area (Å²) < 4.78 is 5.94. The van der Waals surface area contributed by atoms with E-state index in [4.69, 9.17) is 27.9 Å². The number of benzene rings is 3. The number of ether oxygens (including phenoxy) is 1. The van der Waals surface area contributed by atoms with Crippen LogP contribution in [-0.2, 0) is 11.4 Å². The fourth-order valence-electron chi connectivity index (χ4n) is 3.53. The summed E-state index contributed by atoms with van der Waals surface area (Å²) in [4.78, 5) is 25.5. The lowest BCUT2D eigenvalue weighted by Gasteiger charge is -2.13. The fourth-order valence-corrected chi connectivity index (χ4v) is 4.15. The van der Waals surface area contributed by atoms with Gasteiger partial charge in [0, 0.05) is 6.54 Å². The molecule has 0 bridgehead atoms. The molecule has 5 nitrogen and oxygen atoms in total. The summed E-state index contributed by atoms with van der Waals surface area (Å²) in [5.74, 6) is 0.00295. The van der Waals surface area contributed by atoms with Crippen molar-refractivity contribution in [1.82, 2.24) is 10.2 Å². The van der Waals surface area contributed by atoms with Crippen molar-refractivity contribution in [1.29, 1.82) is 0 Å². The average molecular weight is 455 g/mol. The zero-order valence-corrected chi connectivity index (χ0v) is 18.3. The number of halogens is 2. The maximum atomic E-state index is 12.4. The molecule has 4 rings (SSSR count). The smallest absolute Gasteiger partial charge is 0.329 e. The van der Waals surface area contributed by atoms with Crippen LogP contribution in [-0.4, -0.2) is 23.4 Å². The molecule has 3 amide bonds. The molecular weight excluding hydrogens is 435 g/mol. The second-order valence-corrected chi connectivity index (χ2v) is 8.00. The van der Waals surface area contributed by atoms with Gasteiger partial charge in [-0.05, 0) is 46.5 Å². The highest BCUT2D eigenvalue weighted by molar-refractivity contribution is 6.37. The van der Waals surface area contributed by atoms with Gasteiger partial charge in [0.05, 0.1) is 10.0 Å². The minimum atomic E-state index is -0.426. The van der Waals surface area contributed by atoms with Crippen LogP contribution in [0.15, 0.2) is 60.3 Å². The molecule has 0 atom stereocenters. The number of amides is 3. The molecule has 0 radical (unpaired) electrons. The SMILES string of the molecule is CCCN1C(=O)N/C(=C/c2cc(Cl)c(OCc3cccc4ccccc34)c(Cl)c2)C1=O. The van der Waals surface area contributed by atoms with Crippen molar-refractivity contribution in [3.8, 4) is 5.75 Å². The minimum Gasteiger partial charge on any atom is -0.486 e. The van der Waals surface area contributed by atoms with E-state index in [9.17, 15) is 9.59 Å². The Morgan fingerprint density at radius 3 is 2.48 bits per heavy atom. The first-order valence-corrected chi connectivity index (χ1v) is 10.7. The van der Waals surface area contributed by atoms with Crippen LogP contribution >= 0.6 is 23.2 Å². The molecular formula is C24H20Cl2N2O3. The van der Waals surface area contributed by atoms with Gasteiger partial charge in [-0.3, -0.25) is 9.69 Å². The van der Waals surface area contributed by atoms with Crippen molar-refractivity contribution in [2.24, 2.45) is 0 Å². The van der Waals surface area contributed by atoms with Crippen LogP contribution in [0.25, 0.3) is 16.8 Å². The number of hydrogen-bond donors (Lipinski definition) is 1. The first-order chi connectivity index (χ1) is 15.0. The highest BCUT2D eigenvalue weighted by atomic mass is 35.5. The summed E-state index contributed by atoms with van der Waals surface area (Å²) in [7, 11) is 0. The highest BCUT2D eigenvalue weighted by Crippen LogP contribution is 2.36. The van der Waals surface area contributed by atoms with Crippen molar-refractivity contribution in [3.05, 3.63) is 81.5 Å². The van der Waals surface area contributed by atoms with E-state index in [0.29, 0.717) is 40.9 Å². The van der Waals surface area contributed by atoms with Gasteiger partial charge in [-0.15, -0.1) is 0 Å². The summed E-state index contributed by atoms with van der Waals surface area (Å²) >= 11 is 12.9. The van der Waals surface area contributed by atoms with Crippen LogP contribution in [0.1, 0.15) is 24.5 Å². The average Bonchev–Trinajstić information content (AvgIpc) is 3.01. The summed E-state index contributed by atoms with van der Waals surface area (Å²) in [6, 6.07) is 17.0. The molecule has 1 aliphatic rings. The van der Waals surface area contributed by atoms with Crippen LogP contribution in [0.5, 0.6) is 5.75 Å². The van der Waals surface area contributed by atoms with Crippen molar-refractivity contribution in [2.75, 3.05) is 6.54 Å². The molecule has 0 saturated carbocycles. The molecule has 1 fully saturated rings. The van der Waals surface area contributed by atoms with Gasteiger partial charge in [0.25, 0.3) is 5.91 Å². The Bertz CT molecular complexity index is 1180. The van der Waals surface area contributed by atoms with Gasteiger partial charge in [0.1, 0.15) is 12.3 Å². The number of carbonyl (C=O) groups is 2. The number of nitrogens with one attached hydrogen (secondary N) is 1. The van der Waals surface area contributed by atoms with E-state index in [-0.39, 0.29) is 11.6 Å². The fraction of sp³-hybridized carbons (Fsp3) is 0.167. The lowest BCUT2D eigenvalue weighted by atomic mass is 10.1. The van der Waals surface area contributed by atoms with Crippen molar-refractivity contribution in [2.45, 2.75) is 20.0 Å². The summed E-state index contributed by atoms with van der Waals surface area (Å²) in [6.45, 7) is 2.57. The maximum absolute atomic E-state index is 12.4. The van der Waals surface area contributed by atoms with Gasteiger partial charge in [-0.1, -0.05) is 72.6 Å². The Morgan fingerprint density at radius 2 is 1.74 bits per heavy atom. The van der Waals surface area contributed by atoms with E-state index in [2.05, 4.69) is 5.32 Å². The number of nitrogens with zero attached hydrogens (tertiary/aromatic N) is 1. The Labute approximate surface area is 190 Å². The molecule has 1 heterocycles. The molecule has 3 aromatic rings. The summed E-state index contributed by atoms with van der Waals surface area (Å²) in [6.07, 6.45) is 2.25. The van der Waals surface area contributed by atoms with Gasteiger partial charge in [-0.25, -0.2) is 4.79 Å². The topological polar surface area (TPSA) is 58.6 Å². The van der Waals surface area contributed by atoms with E-state index in [1.807, 2.05) is 49.4 Å². The number of urea groups is 1. The normalized spacial score (nSPS) is 15.1. The zero-order chi connectivity index (χ0) is 22.0. The van der Waals surface area contributed by atoms with E-state index < -0.39 is 6.03 Å². The predicted octanol–water partition coefficient (Wildman–Crippen LogP) is 6.03. The second-order valence-electron chi connectivity index (χ2n) is 7.19. The summed E-state index contributed by atoms with van der Waals surface area (Å²) in [5.41, 5.74) is 1.80. The molecule has 1 saturated heterocycles. The van der Waals surface area contributed by atoms with E-state index in [1.54, 1.807) is 18.2 Å². The molecule has 1 N–H and O–H groups in total. The van der Waals surface area contributed by atoms with Crippen molar-refractivity contribution < 1.29 is 14.3 Å². The molecule has 0 aromatic heterocycles. The van der Waals surface area contributed by atoms with Crippen molar-refractivity contribution >= 4 is 52.0 Å². The summed E-state index contributed by atoms with van der Waals surface area (Å²) in [5, 5.41) is 5.46. The number of rotatable bonds is 6. The van der Waals surface area contributed by atoms with Crippen LogP contribution < -0.4 is 10.1 Å². The molecule has 31 heavy (non-hydrogen) atoms. The molecule has 158 valence electrons. The van der Waals surface area contributed by atoms with Crippen LogP contribution in [0.4, 0.5) is 4.79 Å². The number of fused-ring (bicyclic) bond motifs is 1. The third-order valence-corrected chi connectivity index (χ3v) is 5.55. The highest BCUT2D eigenvalue weighted by Gasteiger charge is 2.32. The monoisotopic (exact) mass is 454 g/mol. The first kappa shape index (κ1) is 21.2. The van der Waals surface area contributed by atoms with Crippen LogP contribution in [0, 0.1) is 0 Å². The maximum Gasteiger partial charge on any atom is 0.329 e. The molecule has 0 aliphatic carbocycles. The predicted molar refractivity (Wildman–Crippen MR) is 123 cm³/mol. The third kappa shape index (κ3) is 4.38. The van der Waals surface area contributed by atoms with Gasteiger partial charge in [-0.2, -0.15) is 0 Å². The Morgan fingerprint density at radius 1 is 1.03 bits per heavy atom. The number of carbonyl (C=O) groups excluding carboxylic acids is 2. The molecule has 0 spiro atoms. The van der Waals surface area contributed by atoms with E-state index >= 15 is 0 Å². The molecule has 3 aromatic carbocycles. The van der Waals surface area contributed by atoms with E-state index in [0.717, 1.165) is 16.3 Å². The second kappa shape index (κ2) is 9.00. The van der Waals surface area contributed by atoms with Gasteiger partial charge in [0.2, 0.25) is 0 Å². The molecule has 7 heteroatoms. The lowest BCUT2D eigenvalue weighted by molar-refractivity contribution is -0.122.